The maximum atomic E-state index is 3.67. The second-order valence-corrected chi connectivity index (χ2v) is 5.48. The molecule has 1 N–H and O–H groups in total. The summed E-state index contributed by atoms with van der Waals surface area (Å²) in [7, 11) is 0. The Kier molecular flexibility index (Phi) is 4.65. The van der Waals surface area contributed by atoms with Crippen LogP contribution in [0.4, 0.5) is 5.69 Å². The van der Waals surface area contributed by atoms with E-state index in [1.807, 2.05) is 0 Å². The SMILES string of the molecule is CCCNC1CCCN(c2c(C)cccc2C)C1. The molecule has 1 atom stereocenters. The summed E-state index contributed by atoms with van der Waals surface area (Å²) in [5, 5.41) is 3.67. The van der Waals surface area contributed by atoms with Crippen LogP contribution in [0.25, 0.3) is 0 Å². The van der Waals surface area contributed by atoms with Crippen molar-refractivity contribution in [3.8, 4) is 0 Å². The van der Waals surface area contributed by atoms with Crippen molar-refractivity contribution in [2.45, 2.75) is 46.1 Å². The summed E-state index contributed by atoms with van der Waals surface area (Å²) in [4.78, 5) is 2.57. The molecule has 0 saturated carbocycles. The maximum absolute atomic E-state index is 3.67. The van der Waals surface area contributed by atoms with Crippen molar-refractivity contribution in [1.29, 1.82) is 0 Å². The van der Waals surface area contributed by atoms with Crippen molar-refractivity contribution in [3.63, 3.8) is 0 Å². The number of hydrogen-bond acceptors (Lipinski definition) is 2. The lowest BCUT2D eigenvalue weighted by molar-refractivity contribution is 0.423. The molecule has 100 valence electrons. The fourth-order valence-corrected chi connectivity index (χ4v) is 3.00. The van der Waals surface area contributed by atoms with Crippen LogP contribution in [0.5, 0.6) is 0 Å². The molecule has 2 rings (SSSR count). The predicted octanol–water partition coefficient (Wildman–Crippen LogP) is 3.27. The van der Waals surface area contributed by atoms with Crippen LogP contribution in [0.15, 0.2) is 18.2 Å². The number of nitrogens with one attached hydrogen (secondary N) is 1. The lowest BCUT2D eigenvalue weighted by atomic mass is 10.0. The van der Waals surface area contributed by atoms with Crippen LogP contribution in [0.1, 0.15) is 37.3 Å². The first-order valence-corrected chi connectivity index (χ1v) is 7.27. The van der Waals surface area contributed by atoms with Gasteiger partial charge in [0.1, 0.15) is 0 Å². The molecule has 2 heteroatoms. The van der Waals surface area contributed by atoms with Gasteiger partial charge in [0.15, 0.2) is 0 Å². The first kappa shape index (κ1) is 13.4. The van der Waals surface area contributed by atoms with Gasteiger partial charge in [0.05, 0.1) is 0 Å². The van der Waals surface area contributed by atoms with Gasteiger partial charge in [-0.05, 0) is 50.8 Å². The molecule has 1 saturated heterocycles. The minimum absolute atomic E-state index is 0.665. The van der Waals surface area contributed by atoms with Crippen molar-refractivity contribution in [1.82, 2.24) is 5.32 Å². The Balaban J connectivity index is 2.08. The first-order valence-electron chi connectivity index (χ1n) is 7.27. The number of piperidine rings is 1. The molecule has 0 aliphatic carbocycles. The van der Waals surface area contributed by atoms with E-state index < -0.39 is 0 Å². The molecule has 0 spiro atoms. The molecular weight excluding hydrogens is 220 g/mol. The Bertz CT molecular complexity index is 366. The van der Waals surface area contributed by atoms with Crippen molar-refractivity contribution in [3.05, 3.63) is 29.3 Å². The van der Waals surface area contributed by atoms with Crippen LogP contribution in [0.2, 0.25) is 0 Å². The van der Waals surface area contributed by atoms with Gasteiger partial charge in [-0.3, -0.25) is 0 Å². The summed E-state index contributed by atoms with van der Waals surface area (Å²) >= 11 is 0. The van der Waals surface area contributed by atoms with E-state index in [-0.39, 0.29) is 0 Å². The third-order valence-electron chi connectivity index (χ3n) is 3.86. The fourth-order valence-electron chi connectivity index (χ4n) is 3.00. The van der Waals surface area contributed by atoms with Crippen molar-refractivity contribution < 1.29 is 0 Å². The smallest absolute Gasteiger partial charge is 0.0426 e. The molecule has 1 fully saturated rings. The molecule has 0 amide bonds. The Morgan fingerprint density at radius 1 is 1.28 bits per heavy atom. The highest BCUT2D eigenvalue weighted by Gasteiger charge is 2.21. The lowest BCUT2D eigenvalue weighted by Gasteiger charge is -2.36. The number of rotatable bonds is 4. The molecule has 0 bridgehead atoms. The third-order valence-corrected chi connectivity index (χ3v) is 3.86. The molecule has 1 aliphatic heterocycles. The quantitative estimate of drug-likeness (QED) is 0.877. The van der Waals surface area contributed by atoms with Crippen LogP contribution in [-0.4, -0.2) is 25.7 Å². The number of para-hydroxylation sites is 1. The number of anilines is 1. The average molecular weight is 246 g/mol. The van der Waals surface area contributed by atoms with E-state index in [4.69, 9.17) is 0 Å². The van der Waals surface area contributed by atoms with Crippen LogP contribution in [0, 0.1) is 13.8 Å². The van der Waals surface area contributed by atoms with Crippen LogP contribution < -0.4 is 10.2 Å². The fraction of sp³-hybridized carbons (Fsp3) is 0.625. The topological polar surface area (TPSA) is 15.3 Å². The molecule has 1 unspecified atom stereocenters. The largest absolute Gasteiger partial charge is 0.370 e. The van der Waals surface area contributed by atoms with Gasteiger partial charge < -0.3 is 10.2 Å². The minimum Gasteiger partial charge on any atom is -0.370 e. The Morgan fingerprint density at radius 2 is 2.00 bits per heavy atom. The molecule has 0 aromatic heterocycles. The molecule has 1 aromatic carbocycles. The van der Waals surface area contributed by atoms with Crippen molar-refractivity contribution in [2.24, 2.45) is 0 Å². The highest BCUT2D eigenvalue weighted by molar-refractivity contribution is 5.59. The van der Waals surface area contributed by atoms with Gasteiger partial charge in [-0.1, -0.05) is 25.1 Å². The highest BCUT2D eigenvalue weighted by Crippen LogP contribution is 2.27. The molecule has 2 nitrogen and oxygen atoms in total. The number of nitrogens with zero attached hydrogens (tertiary/aromatic N) is 1. The number of hydrogen-bond donors (Lipinski definition) is 1. The van der Waals surface area contributed by atoms with Gasteiger partial charge in [0, 0.05) is 24.8 Å². The predicted molar refractivity (Wildman–Crippen MR) is 79.4 cm³/mol. The Hall–Kier alpha value is -1.02. The Labute approximate surface area is 111 Å². The van der Waals surface area contributed by atoms with E-state index in [1.165, 1.54) is 42.6 Å². The maximum Gasteiger partial charge on any atom is 0.0426 e. The summed E-state index contributed by atoms with van der Waals surface area (Å²) in [6.07, 6.45) is 3.84. The molecule has 1 aromatic rings. The highest BCUT2D eigenvalue weighted by atomic mass is 15.2. The van der Waals surface area contributed by atoms with E-state index in [9.17, 15) is 0 Å². The van der Waals surface area contributed by atoms with E-state index in [0.29, 0.717) is 6.04 Å². The summed E-state index contributed by atoms with van der Waals surface area (Å²) in [6, 6.07) is 7.28. The Morgan fingerprint density at radius 3 is 2.67 bits per heavy atom. The van der Waals surface area contributed by atoms with Crippen molar-refractivity contribution >= 4 is 5.69 Å². The van der Waals surface area contributed by atoms with Gasteiger partial charge in [0.25, 0.3) is 0 Å². The summed E-state index contributed by atoms with van der Waals surface area (Å²) < 4.78 is 0. The second kappa shape index (κ2) is 6.24. The zero-order chi connectivity index (χ0) is 13.0. The standard InChI is InChI=1S/C16H26N2/c1-4-10-17-15-9-6-11-18(12-15)16-13(2)7-5-8-14(16)3/h5,7-8,15,17H,4,6,9-12H2,1-3H3. The second-order valence-electron chi connectivity index (χ2n) is 5.48. The minimum atomic E-state index is 0.665. The number of aryl methyl sites for hydroxylation is 2. The van der Waals surface area contributed by atoms with Crippen LogP contribution in [-0.2, 0) is 0 Å². The molecule has 18 heavy (non-hydrogen) atoms. The zero-order valence-corrected chi connectivity index (χ0v) is 12.0. The summed E-state index contributed by atoms with van der Waals surface area (Å²) in [6.45, 7) is 10.2. The van der Waals surface area contributed by atoms with Gasteiger partial charge >= 0.3 is 0 Å². The molecule has 1 heterocycles. The van der Waals surface area contributed by atoms with Gasteiger partial charge in [-0.15, -0.1) is 0 Å². The third kappa shape index (κ3) is 3.05. The zero-order valence-electron chi connectivity index (χ0n) is 12.0. The lowest BCUT2D eigenvalue weighted by Crippen LogP contribution is -2.46. The number of benzene rings is 1. The van der Waals surface area contributed by atoms with Crippen LogP contribution in [0.3, 0.4) is 0 Å². The van der Waals surface area contributed by atoms with E-state index >= 15 is 0 Å². The van der Waals surface area contributed by atoms with Gasteiger partial charge in [0.2, 0.25) is 0 Å². The monoisotopic (exact) mass is 246 g/mol. The first-order chi connectivity index (χ1) is 8.72. The molecule has 0 radical (unpaired) electrons. The molecular formula is C16H26N2. The van der Waals surface area contributed by atoms with Gasteiger partial charge in [-0.2, -0.15) is 0 Å². The van der Waals surface area contributed by atoms with Gasteiger partial charge in [-0.25, -0.2) is 0 Å². The van der Waals surface area contributed by atoms with E-state index in [1.54, 1.807) is 0 Å². The summed E-state index contributed by atoms with van der Waals surface area (Å²) in [5.41, 5.74) is 4.28. The average Bonchev–Trinajstić information content (AvgIpc) is 2.37. The molecule has 1 aliphatic rings. The van der Waals surface area contributed by atoms with E-state index in [2.05, 4.69) is 49.2 Å². The summed E-state index contributed by atoms with van der Waals surface area (Å²) in [5.74, 6) is 0. The van der Waals surface area contributed by atoms with Crippen LogP contribution >= 0.6 is 0 Å². The normalized spacial score (nSPS) is 20.2. The van der Waals surface area contributed by atoms with Crippen molar-refractivity contribution in [2.75, 3.05) is 24.5 Å². The van der Waals surface area contributed by atoms with E-state index in [0.717, 1.165) is 13.1 Å².